The van der Waals surface area contributed by atoms with Crippen LogP contribution < -0.4 is 0 Å². The Morgan fingerprint density at radius 1 is 1.56 bits per heavy atom. The Morgan fingerprint density at radius 3 is 2.67 bits per heavy atom. The third-order valence-electron chi connectivity index (χ3n) is 1.05. The van der Waals surface area contributed by atoms with Gasteiger partial charge in [0.05, 0.1) is 6.07 Å². The van der Waals surface area contributed by atoms with Crippen LogP contribution in [0.4, 0.5) is 0 Å². The van der Waals surface area contributed by atoms with E-state index in [0.29, 0.717) is 6.42 Å². The van der Waals surface area contributed by atoms with E-state index in [1.807, 2.05) is 0 Å². The summed E-state index contributed by atoms with van der Waals surface area (Å²) >= 11 is 0. The van der Waals surface area contributed by atoms with Crippen LogP contribution >= 0.6 is 0 Å². The van der Waals surface area contributed by atoms with Gasteiger partial charge in [0.25, 0.3) is 0 Å². The predicted octanol–water partition coefficient (Wildman–Crippen LogP) is 2.65. The van der Waals surface area contributed by atoms with E-state index in [1.165, 1.54) is 5.57 Å². The number of rotatable bonds is 3. The number of hydrogen-bond acceptors (Lipinski definition) is 1. The maximum Gasteiger partial charge on any atom is 0.0621 e. The molecule has 1 heteroatoms. The highest BCUT2D eigenvalue weighted by atomic mass is 14.2. The average molecular weight is 123 g/mol. The van der Waals surface area contributed by atoms with Gasteiger partial charge >= 0.3 is 0 Å². The lowest BCUT2D eigenvalue weighted by Crippen LogP contribution is -1.70. The van der Waals surface area contributed by atoms with E-state index in [4.69, 9.17) is 5.26 Å². The summed E-state index contributed by atoms with van der Waals surface area (Å²) < 4.78 is 0. The van der Waals surface area contributed by atoms with Gasteiger partial charge in [0.2, 0.25) is 0 Å². The fourth-order valence-electron chi connectivity index (χ4n) is 0.572. The molecule has 0 rings (SSSR count). The van der Waals surface area contributed by atoms with Gasteiger partial charge in [0.15, 0.2) is 0 Å². The maximum atomic E-state index is 8.16. The Kier molecular flexibility index (Phi) is 4.91. The van der Waals surface area contributed by atoms with Gasteiger partial charge in [-0.3, -0.25) is 0 Å². The fraction of sp³-hybridized carbons (Fsp3) is 0.625. The second-order valence-electron chi connectivity index (χ2n) is 2.33. The molecule has 9 heavy (non-hydrogen) atoms. The van der Waals surface area contributed by atoms with Gasteiger partial charge in [0, 0.05) is 6.42 Å². The molecule has 0 saturated carbocycles. The van der Waals surface area contributed by atoms with Crippen molar-refractivity contribution in [2.24, 2.45) is 0 Å². The first kappa shape index (κ1) is 8.23. The van der Waals surface area contributed by atoms with Crippen molar-refractivity contribution < 1.29 is 0 Å². The van der Waals surface area contributed by atoms with Crippen LogP contribution in [0.25, 0.3) is 0 Å². The topological polar surface area (TPSA) is 23.8 Å². The normalized spacial score (nSPS) is 8.11. The van der Waals surface area contributed by atoms with Crippen molar-refractivity contribution in [3.8, 4) is 6.07 Å². The molecular weight excluding hydrogens is 110 g/mol. The largest absolute Gasteiger partial charge is 0.198 e. The van der Waals surface area contributed by atoms with Crippen molar-refractivity contribution in [2.75, 3.05) is 0 Å². The summed E-state index contributed by atoms with van der Waals surface area (Å²) in [5.74, 6) is 0. The number of hydrogen-bond donors (Lipinski definition) is 0. The maximum absolute atomic E-state index is 8.16. The summed E-state index contributed by atoms with van der Waals surface area (Å²) in [4.78, 5) is 0. The molecular formula is C8H13N. The lowest BCUT2D eigenvalue weighted by Gasteiger charge is -1.88. The molecule has 0 atom stereocenters. The SMILES string of the molecule is CC(C)=CCCCC#N. The Labute approximate surface area is 57.0 Å². The fourth-order valence-corrected chi connectivity index (χ4v) is 0.572. The first-order valence-electron chi connectivity index (χ1n) is 3.27. The first-order chi connectivity index (χ1) is 4.27. The van der Waals surface area contributed by atoms with Crippen molar-refractivity contribution in [1.82, 2.24) is 0 Å². The monoisotopic (exact) mass is 123 g/mol. The minimum absolute atomic E-state index is 0.684. The van der Waals surface area contributed by atoms with Crippen LogP contribution in [0, 0.1) is 11.3 Å². The lowest BCUT2D eigenvalue weighted by molar-refractivity contribution is 0.870. The van der Waals surface area contributed by atoms with Crippen molar-refractivity contribution in [3.63, 3.8) is 0 Å². The molecule has 0 bridgehead atoms. The van der Waals surface area contributed by atoms with Crippen LogP contribution in [0.5, 0.6) is 0 Å². The van der Waals surface area contributed by atoms with Crippen LogP contribution in [0.3, 0.4) is 0 Å². The highest BCUT2D eigenvalue weighted by molar-refractivity contribution is 4.92. The predicted molar refractivity (Wildman–Crippen MR) is 38.9 cm³/mol. The Balaban J connectivity index is 3.12. The zero-order chi connectivity index (χ0) is 7.11. The van der Waals surface area contributed by atoms with E-state index in [1.54, 1.807) is 0 Å². The molecule has 0 aromatic rings. The molecule has 0 aliphatic carbocycles. The molecule has 0 spiro atoms. The highest BCUT2D eigenvalue weighted by Crippen LogP contribution is 1.98. The lowest BCUT2D eigenvalue weighted by atomic mass is 10.2. The molecule has 50 valence electrons. The smallest absolute Gasteiger partial charge is 0.0621 e. The Hall–Kier alpha value is -0.770. The molecule has 0 aliphatic rings. The van der Waals surface area contributed by atoms with Gasteiger partial charge in [-0.1, -0.05) is 11.6 Å². The van der Waals surface area contributed by atoms with Crippen molar-refractivity contribution in [1.29, 1.82) is 5.26 Å². The molecule has 0 N–H and O–H groups in total. The first-order valence-corrected chi connectivity index (χ1v) is 3.27. The molecule has 0 aliphatic heterocycles. The number of allylic oxidation sites excluding steroid dienone is 2. The molecule has 0 aromatic heterocycles. The van der Waals surface area contributed by atoms with Gasteiger partial charge in [-0.25, -0.2) is 0 Å². The van der Waals surface area contributed by atoms with Crippen LogP contribution in [-0.2, 0) is 0 Å². The van der Waals surface area contributed by atoms with Gasteiger partial charge in [-0.05, 0) is 26.7 Å². The summed E-state index contributed by atoms with van der Waals surface area (Å²) in [6, 6.07) is 2.11. The molecule has 0 heterocycles. The van der Waals surface area contributed by atoms with Crippen LogP contribution in [0.2, 0.25) is 0 Å². The number of nitrogens with zero attached hydrogens (tertiary/aromatic N) is 1. The van der Waals surface area contributed by atoms with E-state index in [9.17, 15) is 0 Å². The average Bonchev–Trinajstić information content (AvgIpc) is 1.80. The highest BCUT2D eigenvalue weighted by Gasteiger charge is 1.81. The van der Waals surface area contributed by atoms with Gasteiger partial charge < -0.3 is 0 Å². The summed E-state index contributed by atoms with van der Waals surface area (Å²) in [7, 11) is 0. The molecule has 0 saturated heterocycles. The molecule has 0 radical (unpaired) electrons. The van der Waals surface area contributed by atoms with E-state index in [0.717, 1.165) is 12.8 Å². The summed E-state index contributed by atoms with van der Waals surface area (Å²) in [5, 5.41) is 8.16. The van der Waals surface area contributed by atoms with Gasteiger partial charge in [-0.2, -0.15) is 5.26 Å². The standard InChI is InChI=1S/C8H13N/c1-8(2)6-4-3-5-7-9/h6H,3-5H2,1-2H3. The Bertz CT molecular complexity index is 124. The van der Waals surface area contributed by atoms with E-state index in [-0.39, 0.29) is 0 Å². The van der Waals surface area contributed by atoms with E-state index >= 15 is 0 Å². The van der Waals surface area contributed by atoms with Crippen molar-refractivity contribution >= 4 is 0 Å². The zero-order valence-electron chi connectivity index (χ0n) is 6.15. The minimum atomic E-state index is 0.684. The van der Waals surface area contributed by atoms with Crippen molar-refractivity contribution in [2.45, 2.75) is 33.1 Å². The number of unbranched alkanes of at least 4 members (excludes halogenated alkanes) is 2. The van der Waals surface area contributed by atoms with Gasteiger partial charge in [-0.15, -0.1) is 0 Å². The molecule has 0 amide bonds. The van der Waals surface area contributed by atoms with Crippen LogP contribution in [0.1, 0.15) is 33.1 Å². The summed E-state index contributed by atoms with van der Waals surface area (Å²) in [5.41, 5.74) is 1.34. The van der Waals surface area contributed by atoms with Crippen molar-refractivity contribution in [3.05, 3.63) is 11.6 Å². The third kappa shape index (κ3) is 7.23. The second-order valence-corrected chi connectivity index (χ2v) is 2.33. The number of nitriles is 1. The molecule has 0 aromatic carbocycles. The molecule has 1 nitrogen and oxygen atoms in total. The summed E-state index contributed by atoms with van der Waals surface area (Å²) in [6.07, 6.45) is 4.90. The zero-order valence-corrected chi connectivity index (χ0v) is 6.15. The quantitative estimate of drug-likeness (QED) is 0.418. The van der Waals surface area contributed by atoms with Gasteiger partial charge in [0.1, 0.15) is 0 Å². The molecule has 0 fully saturated rings. The van der Waals surface area contributed by atoms with Crippen LogP contribution in [0.15, 0.2) is 11.6 Å². The Morgan fingerprint density at radius 2 is 2.22 bits per heavy atom. The van der Waals surface area contributed by atoms with Crippen LogP contribution in [-0.4, -0.2) is 0 Å². The second kappa shape index (κ2) is 5.37. The van der Waals surface area contributed by atoms with E-state index < -0.39 is 0 Å². The van der Waals surface area contributed by atoms with E-state index in [2.05, 4.69) is 26.0 Å². The minimum Gasteiger partial charge on any atom is -0.198 e. The molecule has 0 unspecified atom stereocenters. The summed E-state index contributed by atoms with van der Waals surface area (Å²) in [6.45, 7) is 4.15. The third-order valence-corrected chi connectivity index (χ3v) is 1.05.